The first-order valence-corrected chi connectivity index (χ1v) is 5.88. The quantitative estimate of drug-likeness (QED) is 0.823. The van der Waals surface area contributed by atoms with Gasteiger partial charge in [-0.15, -0.1) is 0 Å². The third kappa shape index (κ3) is 1.46. The van der Waals surface area contributed by atoms with E-state index in [-0.39, 0.29) is 11.2 Å². The highest BCUT2D eigenvalue weighted by molar-refractivity contribution is 5.31. The van der Waals surface area contributed by atoms with Crippen molar-refractivity contribution in [2.75, 3.05) is 19.8 Å². The summed E-state index contributed by atoms with van der Waals surface area (Å²) in [6, 6.07) is 7.39. The molecule has 2 aliphatic rings. The van der Waals surface area contributed by atoms with Crippen LogP contribution in [0, 0.1) is 5.82 Å². The lowest BCUT2D eigenvalue weighted by Crippen LogP contribution is -2.58. The van der Waals surface area contributed by atoms with Gasteiger partial charge in [0.05, 0.1) is 18.6 Å². The molecule has 0 radical (unpaired) electrons. The monoisotopic (exact) mass is 221 g/mol. The molecule has 2 saturated heterocycles. The Bertz CT molecular complexity index is 366. The zero-order valence-electron chi connectivity index (χ0n) is 9.21. The highest BCUT2D eigenvalue weighted by Crippen LogP contribution is 2.38. The largest absolute Gasteiger partial charge is 0.379 e. The van der Waals surface area contributed by atoms with Crippen molar-refractivity contribution < 1.29 is 9.13 Å². The van der Waals surface area contributed by atoms with Crippen molar-refractivity contribution in [1.82, 2.24) is 5.32 Å². The average molecular weight is 221 g/mol. The molecular formula is C13H16FNO. The fourth-order valence-electron chi connectivity index (χ4n) is 2.83. The van der Waals surface area contributed by atoms with Gasteiger partial charge >= 0.3 is 0 Å². The van der Waals surface area contributed by atoms with Gasteiger partial charge in [0.1, 0.15) is 5.82 Å². The zero-order chi connectivity index (χ0) is 11.0. The first-order chi connectivity index (χ1) is 7.81. The van der Waals surface area contributed by atoms with Crippen molar-refractivity contribution in [3.05, 3.63) is 35.6 Å². The van der Waals surface area contributed by atoms with Crippen molar-refractivity contribution in [3.8, 4) is 0 Å². The number of halogens is 1. The Hall–Kier alpha value is -0.930. The Morgan fingerprint density at radius 2 is 2.00 bits per heavy atom. The Morgan fingerprint density at radius 1 is 1.25 bits per heavy atom. The summed E-state index contributed by atoms with van der Waals surface area (Å²) in [6.07, 6.45) is 2.42. The van der Waals surface area contributed by atoms with Crippen LogP contribution in [0.15, 0.2) is 24.3 Å². The van der Waals surface area contributed by atoms with Gasteiger partial charge in [-0.05, 0) is 37.1 Å². The van der Waals surface area contributed by atoms with Crippen molar-refractivity contribution in [2.24, 2.45) is 0 Å². The summed E-state index contributed by atoms with van der Waals surface area (Å²) in [5, 5.41) is 3.54. The molecule has 0 amide bonds. The minimum atomic E-state index is -0.168. The van der Waals surface area contributed by atoms with Crippen LogP contribution in [0.4, 0.5) is 4.39 Å². The normalized spacial score (nSPS) is 27.7. The number of hydrogen-bond donors (Lipinski definition) is 1. The molecule has 3 rings (SSSR count). The van der Waals surface area contributed by atoms with E-state index in [1.807, 2.05) is 12.1 Å². The SMILES string of the molecule is Fc1ccc(C2(C3CCCN3)COC2)cc1. The van der Waals surface area contributed by atoms with Gasteiger partial charge in [-0.25, -0.2) is 4.39 Å². The van der Waals surface area contributed by atoms with E-state index >= 15 is 0 Å². The van der Waals surface area contributed by atoms with Gasteiger partial charge in [-0.1, -0.05) is 12.1 Å². The summed E-state index contributed by atoms with van der Waals surface area (Å²) < 4.78 is 18.3. The van der Waals surface area contributed by atoms with E-state index in [2.05, 4.69) is 5.32 Å². The maximum atomic E-state index is 12.9. The number of rotatable bonds is 2. The van der Waals surface area contributed by atoms with Crippen LogP contribution in [-0.2, 0) is 10.2 Å². The predicted octanol–water partition coefficient (Wildman–Crippen LogP) is 1.85. The van der Waals surface area contributed by atoms with Gasteiger partial charge in [-0.3, -0.25) is 0 Å². The number of benzene rings is 1. The van der Waals surface area contributed by atoms with Crippen molar-refractivity contribution >= 4 is 0 Å². The molecule has 16 heavy (non-hydrogen) atoms. The van der Waals surface area contributed by atoms with E-state index in [0.717, 1.165) is 19.8 Å². The van der Waals surface area contributed by atoms with Gasteiger partial charge in [0, 0.05) is 6.04 Å². The second-order valence-corrected chi connectivity index (χ2v) is 4.80. The van der Waals surface area contributed by atoms with E-state index in [4.69, 9.17) is 4.74 Å². The third-order valence-corrected chi connectivity index (χ3v) is 3.87. The van der Waals surface area contributed by atoms with Crippen LogP contribution in [0.3, 0.4) is 0 Å². The molecule has 3 heteroatoms. The van der Waals surface area contributed by atoms with E-state index in [1.54, 1.807) is 12.1 Å². The molecule has 2 nitrogen and oxygen atoms in total. The molecule has 2 heterocycles. The Morgan fingerprint density at radius 3 is 2.50 bits per heavy atom. The molecule has 2 fully saturated rings. The molecule has 0 spiro atoms. The molecule has 1 aromatic carbocycles. The molecular weight excluding hydrogens is 205 g/mol. The van der Waals surface area contributed by atoms with Crippen LogP contribution in [-0.4, -0.2) is 25.8 Å². The van der Waals surface area contributed by atoms with Crippen LogP contribution >= 0.6 is 0 Å². The van der Waals surface area contributed by atoms with Crippen LogP contribution in [0.25, 0.3) is 0 Å². The number of hydrogen-bond acceptors (Lipinski definition) is 2. The zero-order valence-corrected chi connectivity index (χ0v) is 9.21. The summed E-state index contributed by atoms with van der Waals surface area (Å²) in [7, 11) is 0. The van der Waals surface area contributed by atoms with Crippen LogP contribution in [0.1, 0.15) is 18.4 Å². The Kier molecular flexibility index (Phi) is 2.45. The smallest absolute Gasteiger partial charge is 0.123 e. The van der Waals surface area contributed by atoms with Crippen molar-refractivity contribution in [2.45, 2.75) is 24.3 Å². The lowest BCUT2D eigenvalue weighted by atomic mass is 9.72. The predicted molar refractivity (Wildman–Crippen MR) is 59.9 cm³/mol. The summed E-state index contributed by atoms with van der Waals surface area (Å²) in [5.41, 5.74) is 1.30. The lowest BCUT2D eigenvalue weighted by Gasteiger charge is -2.46. The molecule has 0 saturated carbocycles. The van der Waals surface area contributed by atoms with Crippen molar-refractivity contribution in [3.63, 3.8) is 0 Å². The van der Waals surface area contributed by atoms with Crippen LogP contribution in [0.2, 0.25) is 0 Å². The number of nitrogens with one attached hydrogen (secondary N) is 1. The summed E-state index contributed by atoms with van der Waals surface area (Å²) in [6.45, 7) is 2.61. The minimum absolute atomic E-state index is 0.0875. The first kappa shape index (κ1) is 10.2. The number of ether oxygens (including phenoxy) is 1. The molecule has 0 bridgehead atoms. The maximum Gasteiger partial charge on any atom is 0.123 e. The fraction of sp³-hybridized carbons (Fsp3) is 0.538. The molecule has 1 N–H and O–H groups in total. The molecule has 0 aliphatic carbocycles. The van der Waals surface area contributed by atoms with Crippen LogP contribution in [0.5, 0.6) is 0 Å². The molecule has 1 unspecified atom stereocenters. The lowest BCUT2D eigenvalue weighted by molar-refractivity contribution is -0.0761. The Labute approximate surface area is 94.8 Å². The van der Waals surface area contributed by atoms with E-state index in [1.165, 1.54) is 18.4 Å². The second kappa shape index (κ2) is 3.82. The molecule has 0 aromatic heterocycles. The first-order valence-electron chi connectivity index (χ1n) is 5.88. The topological polar surface area (TPSA) is 21.3 Å². The van der Waals surface area contributed by atoms with Gasteiger partial charge < -0.3 is 10.1 Å². The highest BCUT2D eigenvalue weighted by atomic mass is 19.1. The summed E-state index contributed by atoms with van der Waals surface area (Å²) >= 11 is 0. The van der Waals surface area contributed by atoms with Gasteiger partial charge in [0.15, 0.2) is 0 Å². The third-order valence-electron chi connectivity index (χ3n) is 3.87. The van der Waals surface area contributed by atoms with Crippen LogP contribution < -0.4 is 5.32 Å². The van der Waals surface area contributed by atoms with E-state index in [0.29, 0.717) is 6.04 Å². The standard InChI is InChI=1S/C13H16FNO/c14-11-5-3-10(4-6-11)13(8-16-9-13)12-2-1-7-15-12/h3-6,12,15H,1-2,7-9H2. The van der Waals surface area contributed by atoms with E-state index < -0.39 is 0 Å². The molecule has 1 atom stereocenters. The van der Waals surface area contributed by atoms with Gasteiger partial charge in [0.2, 0.25) is 0 Å². The van der Waals surface area contributed by atoms with Crippen molar-refractivity contribution in [1.29, 1.82) is 0 Å². The average Bonchev–Trinajstić information content (AvgIpc) is 2.73. The van der Waals surface area contributed by atoms with Gasteiger partial charge in [0.25, 0.3) is 0 Å². The molecule has 86 valence electrons. The maximum absolute atomic E-state index is 12.9. The highest BCUT2D eigenvalue weighted by Gasteiger charge is 2.47. The second-order valence-electron chi connectivity index (χ2n) is 4.80. The fourth-order valence-corrected chi connectivity index (χ4v) is 2.83. The molecule has 1 aromatic rings. The minimum Gasteiger partial charge on any atom is -0.379 e. The van der Waals surface area contributed by atoms with Gasteiger partial charge in [-0.2, -0.15) is 0 Å². The Balaban J connectivity index is 1.91. The summed E-state index contributed by atoms with van der Waals surface area (Å²) in [5.74, 6) is -0.168. The van der Waals surface area contributed by atoms with E-state index in [9.17, 15) is 4.39 Å². The summed E-state index contributed by atoms with van der Waals surface area (Å²) in [4.78, 5) is 0. The molecule has 2 aliphatic heterocycles.